The van der Waals surface area contributed by atoms with E-state index in [0.29, 0.717) is 25.9 Å². The number of phenols is 1. The fourth-order valence-electron chi connectivity index (χ4n) is 4.62. The molecule has 212 valence electrons. The molecule has 0 aromatic heterocycles. The van der Waals surface area contributed by atoms with E-state index < -0.39 is 5.97 Å². The molecule has 0 saturated carbocycles. The summed E-state index contributed by atoms with van der Waals surface area (Å²) in [5, 5.41) is 19.8. The number of unbranched alkanes of at least 4 members (excludes halogenated alkanes) is 16. The molecule has 0 aliphatic heterocycles. The summed E-state index contributed by atoms with van der Waals surface area (Å²) in [6, 6.07) is 3.20. The smallest absolute Gasteiger partial charge is 0.339 e. The van der Waals surface area contributed by atoms with Gasteiger partial charge in [0.25, 0.3) is 0 Å². The van der Waals surface area contributed by atoms with Crippen LogP contribution in [0.5, 0.6) is 11.5 Å². The number of carboxylic acids is 1. The number of hydrogen-bond acceptors (Lipinski definition) is 5. The Balaban J connectivity index is 2.16. The van der Waals surface area contributed by atoms with Crippen molar-refractivity contribution in [3.8, 4) is 11.5 Å². The third-order valence-electron chi connectivity index (χ3n) is 6.94. The number of rotatable bonds is 24. The Morgan fingerprint density at radius 2 is 1.24 bits per heavy atom. The molecule has 0 aliphatic rings. The van der Waals surface area contributed by atoms with Crippen LogP contribution in [-0.4, -0.2) is 35.9 Å². The van der Waals surface area contributed by atoms with Gasteiger partial charge in [0.15, 0.2) is 11.5 Å². The third-order valence-corrected chi connectivity index (χ3v) is 6.94. The Morgan fingerprint density at radius 1 is 0.730 bits per heavy atom. The van der Waals surface area contributed by atoms with Crippen LogP contribution in [0, 0.1) is 0 Å². The molecule has 1 aromatic rings. The predicted molar refractivity (Wildman–Crippen MR) is 150 cm³/mol. The third kappa shape index (κ3) is 16.3. The maximum Gasteiger partial charge on any atom is 0.339 e. The van der Waals surface area contributed by atoms with Crippen LogP contribution in [0.25, 0.3) is 0 Å². The summed E-state index contributed by atoms with van der Waals surface area (Å²) in [5.41, 5.74) is 0.634. The van der Waals surface area contributed by atoms with Crippen LogP contribution >= 0.6 is 0 Å². The van der Waals surface area contributed by atoms with Crippen molar-refractivity contribution in [3.63, 3.8) is 0 Å². The lowest BCUT2D eigenvalue weighted by Crippen LogP contribution is -2.04. The fraction of sp³-hybridized carbons (Fsp3) is 0.742. The van der Waals surface area contributed by atoms with Gasteiger partial charge in [-0.05, 0) is 43.4 Å². The zero-order valence-corrected chi connectivity index (χ0v) is 23.5. The monoisotopic (exact) mass is 520 g/mol. The van der Waals surface area contributed by atoms with Crippen LogP contribution in [0.2, 0.25) is 0 Å². The molecule has 37 heavy (non-hydrogen) atoms. The summed E-state index contributed by atoms with van der Waals surface area (Å²) in [6.07, 6.45) is 23.1. The highest BCUT2D eigenvalue weighted by molar-refractivity contribution is 5.92. The molecule has 0 unspecified atom stereocenters. The molecule has 0 atom stereocenters. The molecule has 0 aliphatic carbocycles. The van der Waals surface area contributed by atoms with E-state index in [1.165, 1.54) is 103 Å². The number of carbonyl (C=O) groups excluding carboxylic acids is 1. The number of aromatic hydroxyl groups is 1. The normalized spacial score (nSPS) is 11.0. The molecule has 6 heteroatoms. The number of ether oxygens (including phenoxy) is 2. The highest BCUT2D eigenvalue weighted by atomic mass is 16.5. The summed E-state index contributed by atoms with van der Waals surface area (Å²) in [5.74, 6) is -1.52. The number of benzene rings is 1. The lowest BCUT2D eigenvalue weighted by Gasteiger charge is -2.12. The molecule has 1 rings (SSSR count). The summed E-state index contributed by atoms with van der Waals surface area (Å²) in [6.45, 7) is 2.72. The minimum Gasteiger partial charge on any atom is -0.504 e. The van der Waals surface area contributed by atoms with Crippen LogP contribution in [0.4, 0.5) is 0 Å². The summed E-state index contributed by atoms with van der Waals surface area (Å²) in [4.78, 5) is 22.8. The lowest BCUT2D eigenvalue weighted by atomic mass is 10.0. The minimum absolute atomic E-state index is 0.146. The average Bonchev–Trinajstić information content (AvgIpc) is 2.89. The molecule has 6 nitrogen and oxygen atoms in total. The van der Waals surface area contributed by atoms with Gasteiger partial charge >= 0.3 is 11.9 Å². The highest BCUT2D eigenvalue weighted by Gasteiger charge is 2.17. The van der Waals surface area contributed by atoms with Gasteiger partial charge < -0.3 is 19.7 Å². The van der Waals surface area contributed by atoms with Gasteiger partial charge in [0, 0.05) is 6.42 Å². The zero-order chi connectivity index (χ0) is 27.1. The molecular formula is C31H52O6. The first-order chi connectivity index (χ1) is 18.0. The van der Waals surface area contributed by atoms with E-state index in [-0.39, 0.29) is 23.0 Å². The molecule has 0 heterocycles. The van der Waals surface area contributed by atoms with Crippen molar-refractivity contribution in [3.05, 3.63) is 23.3 Å². The van der Waals surface area contributed by atoms with Crippen LogP contribution in [0.1, 0.15) is 145 Å². The van der Waals surface area contributed by atoms with Gasteiger partial charge in [-0.1, -0.05) is 103 Å². The fourth-order valence-corrected chi connectivity index (χ4v) is 4.62. The second kappa shape index (κ2) is 21.8. The Hall–Kier alpha value is -2.24. The zero-order valence-electron chi connectivity index (χ0n) is 23.5. The molecule has 0 spiro atoms. The Bertz CT molecular complexity index is 745. The molecule has 0 bridgehead atoms. The number of hydrogen-bond donors (Lipinski definition) is 2. The van der Waals surface area contributed by atoms with E-state index in [2.05, 4.69) is 11.7 Å². The molecule has 0 saturated heterocycles. The van der Waals surface area contributed by atoms with Gasteiger partial charge in [0.05, 0.1) is 13.7 Å². The number of aromatic carboxylic acids is 1. The number of esters is 1. The molecule has 0 radical (unpaired) electrons. The summed E-state index contributed by atoms with van der Waals surface area (Å²) >= 11 is 0. The van der Waals surface area contributed by atoms with Crippen LogP contribution in [0.15, 0.2) is 12.1 Å². The maximum atomic E-state index is 11.5. The maximum absolute atomic E-state index is 11.5. The van der Waals surface area contributed by atoms with Gasteiger partial charge in [-0.3, -0.25) is 4.79 Å². The molecule has 1 aromatic carbocycles. The largest absolute Gasteiger partial charge is 0.504 e. The lowest BCUT2D eigenvalue weighted by molar-refractivity contribution is -0.140. The Morgan fingerprint density at radius 3 is 1.73 bits per heavy atom. The van der Waals surface area contributed by atoms with Crippen LogP contribution in [-0.2, 0) is 16.0 Å². The van der Waals surface area contributed by atoms with Gasteiger partial charge in [-0.2, -0.15) is 0 Å². The number of methoxy groups -OCH3 is 1. The number of aryl methyl sites for hydroxylation is 1. The number of carbonyl (C=O) groups is 2. The van der Waals surface area contributed by atoms with Gasteiger partial charge in [0.2, 0.25) is 0 Å². The molecule has 0 fully saturated rings. The second-order valence-electron chi connectivity index (χ2n) is 10.2. The topological polar surface area (TPSA) is 93.1 Å². The van der Waals surface area contributed by atoms with E-state index in [1.54, 1.807) is 6.07 Å². The van der Waals surface area contributed by atoms with Crippen molar-refractivity contribution >= 4 is 11.9 Å². The van der Waals surface area contributed by atoms with Crippen molar-refractivity contribution in [2.45, 2.75) is 135 Å². The molecule has 2 N–H and O–H groups in total. The first-order valence-electron chi connectivity index (χ1n) is 14.8. The first-order valence-corrected chi connectivity index (χ1v) is 14.8. The highest BCUT2D eigenvalue weighted by Crippen LogP contribution is 2.32. The Labute approximate surface area is 225 Å². The van der Waals surface area contributed by atoms with E-state index in [1.807, 2.05) is 0 Å². The van der Waals surface area contributed by atoms with Crippen LogP contribution in [0.3, 0.4) is 0 Å². The van der Waals surface area contributed by atoms with Crippen molar-refractivity contribution in [2.75, 3.05) is 13.7 Å². The summed E-state index contributed by atoms with van der Waals surface area (Å²) in [7, 11) is 1.37. The quantitative estimate of drug-likeness (QED) is 0.105. The van der Waals surface area contributed by atoms with E-state index in [4.69, 9.17) is 4.74 Å². The minimum atomic E-state index is -1.18. The van der Waals surface area contributed by atoms with E-state index >= 15 is 0 Å². The molecular weight excluding hydrogens is 468 g/mol. The standard InChI is InChI=1S/C31H52O6/c1-3-4-5-6-7-8-9-10-11-12-13-14-15-16-17-20-23-37-28-25-26(21-18-19-22-29(32)36-2)24-27(30(28)33)31(34)35/h24-25,33H,3-23H2,1-2H3,(H,34,35). The second-order valence-corrected chi connectivity index (χ2v) is 10.2. The average molecular weight is 521 g/mol. The number of carboxylic acid groups (broad SMARTS) is 1. The van der Waals surface area contributed by atoms with Gasteiger partial charge in [0.1, 0.15) is 5.56 Å². The first kappa shape index (κ1) is 32.8. The molecule has 0 amide bonds. The van der Waals surface area contributed by atoms with Crippen LogP contribution < -0.4 is 4.74 Å². The van der Waals surface area contributed by atoms with Gasteiger partial charge in [-0.15, -0.1) is 0 Å². The SMILES string of the molecule is CCCCCCCCCCCCCCCCCCOc1cc(CCCCC(=O)OC)cc(C(=O)O)c1O. The van der Waals surface area contributed by atoms with Crippen molar-refractivity contribution in [1.82, 2.24) is 0 Å². The Kier molecular flexibility index (Phi) is 19.3. The van der Waals surface area contributed by atoms with Crippen molar-refractivity contribution < 1.29 is 29.3 Å². The van der Waals surface area contributed by atoms with E-state index in [0.717, 1.165) is 24.8 Å². The summed E-state index contributed by atoms with van der Waals surface area (Å²) < 4.78 is 10.4. The predicted octanol–water partition coefficient (Wildman–Crippen LogP) is 8.62. The van der Waals surface area contributed by atoms with E-state index in [9.17, 15) is 19.8 Å². The van der Waals surface area contributed by atoms with Gasteiger partial charge in [-0.25, -0.2) is 4.79 Å². The van der Waals surface area contributed by atoms with Crippen molar-refractivity contribution in [2.24, 2.45) is 0 Å². The van der Waals surface area contributed by atoms with Crippen molar-refractivity contribution in [1.29, 1.82) is 0 Å².